The summed E-state index contributed by atoms with van der Waals surface area (Å²) < 4.78 is 0. The Morgan fingerprint density at radius 3 is 2.63 bits per heavy atom. The summed E-state index contributed by atoms with van der Waals surface area (Å²) in [5.41, 5.74) is 0.0793. The number of carboxylic acids is 1. The number of aliphatic carboxylic acids is 1. The molecule has 0 unspecified atom stereocenters. The summed E-state index contributed by atoms with van der Waals surface area (Å²) in [7, 11) is 0. The quantitative estimate of drug-likeness (QED) is 0.873. The lowest BCUT2D eigenvalue weighted by molar-refractivity contribution is -0.143. The lowest BCUT2D eigenvalue weighted by Gasteiger charge is -2.34. The maximum absolute atomic E-state index is 11.6. The molecule has 0 spiro atoms. The Bertz CT molecular complexity index is 468. The zero-order chi connectivity index (χ0) is 13.9. The monoisotopic (exact) mass is 263 g/mol. The lowest BCUT2D eigenvalue weighted by Crippen LogP contribution is -2.48. The van der Waals surface area contributed by atoms with Gasteiger partial charge in [-0.25, -0.2) is 14.8 Å². The normalized spacial score (nSPS) is 18.0. The average molecular weight is 263 g/mol. The maximum Gasteiger partial charge on any atom is 0.329 e. The van der Waals surface area contributed by atoms with E-state index >= 15 is 0 Å². The topological polar surface area (TPSA) is 75.1 Å². The minimum atomic E-state index is -0.857. The van der Waals surface area contributed by atoms with Crippen molar-refractivity contribution in [3.63, 3.8) is 0 Å². The van der Waals surface area contributed by atoms with E-state index in [1.165, 1.54) is 0 Å². The van der Waals surface area contributed by atoms with Crippen LogP contribution >= 0.6 is 0 Å². The van der Waals surface area contributed by atoms with E-state index < -0.39 is 11.5 Å². The van der Waals surface area contributed by atoms with Crippen LogP contribution in [0.3, 0.4) is 0 Å². The van der Waals surface area contributed by atoms with Crippen molar-refractivity contribution in [2.24, 2.45) is 0 Å². The summed E-state index contributed by atoms with van der Waals surface area (Å²) in [4.78, 5) is 20.2. The number of nitrogens with zero attached hydrogens (tertiary/aromatic N) is 2. The van der Waals surface area contributed by atoms with Crippen molar-refractivity contribution >= 4 is 11.8 Å². The van der Waals surface area contributed by atoms with Gasteiger partial charge in [0.25, 0.3) is 0 Å². The predicted octanol–water partition coefficient (Wildman–Crippen LogP) is 2.55. The van der Waals surface area contributed by atoms with Crippen molar-refractivity contribution in [3.8, 4) is 0 Å². The van der Waals surface area contributed by atoms with E-state index in [1.54, 1.807) is 0 Å². The van der Waals surface area contributed by atoms with E-state index in [1.807, 2.05) is 19.9 Å². The fourth-order valence-electron chi connectivity index (χ4n) is 2.67. The molecule has 0 bridgehead atoms. The molecule has 0 atom stereocenters. The molecule has 0 amide bonds. The smallest absolute Gasteiger partial charge is 0.329 e. The van der Waals surface area contributed by atoms with E-state index in [0.29, 0.717) is 24.5 Å². The Hall–Kier alpha value is -1.65. The first-order valence-electron chi connectivity index (χ1n) is 6.92. The molecule has 1 fully saturated rings. The summed E-state index contributed by atoms with van der Waals surface area (Å²) in [5.74, 6) is 0.536. The molecule has 2 N–H and O–H groups in total. The summed E-state index contributed by atoms with van der Waals surface area (Å²) in [6, 6.07) is 1.85. The molecule has 5 nitrogen and oxygen atoms in total. The van der Waals surface area contributed by atoms with Crippen LogP contribution in [0.4, 0.5) is 5.82 Å². The van der Waals surface area contributed by atoms with Crippen LogP contribution in [-0.2, 0) is 11.2 Å². The second kappa shape index (κ2) is 5.55. The van der Waals surface area contributed by atoms with Gasteiger partial charge in [-0.05, 0) is 26.2 Å². The first-order chi connectivity index (χ1) is 9.05. The van der Waals surface area contributed by atoms with E-state index in [-0.39, 0.29) is 0 Å². The summed E-state index contributed by atoms with van der Waals surface area (Å²) in [6.45, 7) is 3.86. The van der Waals surface area contributed by atoms with Crippen LogP contribution in [-0.4, -0.2) is 26.6 Å². The van der Waals surface area contributed by atoms with Gasteiger partial charge in [0.2, 0.25) is 0 Å². The molecule has 1 aromatic heterocycles. The number of carbonyl (C=O) groups is 1. The summed E-state index contributed by atoms with van der Waals surface area (Å²) >= 11 is 0. The number of aromatic nitrogens is 2. The highest BCUT2D eigenvalue weighted by molar-refractivity contribution is 5.82. The van der Waals surface area contributed by atoms with Crippen LogP contribution in [0.5, 0.6) is 0 Å². The second-order valence-electron chi connectivity index (χ2n) is 5.22. The maximum atomic E-state index is 11.6. The van der Waals surface area contributed by atoms with Gasteiger partial charge in [-0.1, -0.05) is 26.2 Å². The number of hydrogen-bond acceptors (Lipinski definition) is 4. The third kappa shape index (κ3) is 3.03. The minimum absolute atomic E-state index is 0.633. The molecule has 1 aliphatic rings. The molecule has 1 aliphatic carbocycles. The van der Waals surface area contributed by atoms with Crippen molar-refractivity contribution in [2.75, 3.05) is 5.32 Å². The molecular weight excluding hydrogens is 242 g/mol. The number of carboxylic acid groups (broad SMARTS) is 1. The third-order valence-electron chi connectivity index (χ3n) is 3.74. The molecule has 19 heavy (non-hydrogen) atoms. The Labute approximate surface area is 113 Å². The molecule has 5 heteroatoms. The highest BCUT2D eigenvalue weighted by Crippen LogP contribution is 2.31. The molecule has 0 aromatic carbocycles. The number of rotatable bonds is 4. The van der Waals surface area contributed by atoms with Crippen LogP contribution in [0.1, 0.15) is 50.5 Å². The summed E-state index contributed by atoms with van der Waals surface area (Å²) in [5, 5.41) is 12.7. The molecule has 104 valence electrons. The van der Waals surface area contributed by atoms with Crippen molar-refractivity contribution < 1.29 is 9.90 Å². The van der Waals surface area contributed by atoms with Crippen molar-refractivity contribution in [2.45, 2.75) is 57.9 Å². The fraction of sp³-hybridized carbons (Fsp3) is 0.643. The Morgan fingerprint density at radius 1 is 1.37 bits per heavy atom. The Morgan fingerprint density at radius 2 is 2.05 bits per heavy atom. The Kier molecular flexibility index (Phi) is 4.02. The van der Waals surface area contributed by atoms with Gasteiger partial charge >= 0.3 is 5.97 Å². The zero-order valence-corrected chi connectivity index (χ0v) is 11.6. The third-order valence-corrected chi connectivity index (χ3v) is 3.74. The largest absolute Gasteiger partial charge is 0.480 e. The Balaban J connectivity index is 2.26. The van der Waals surface area contributed by atoms with Gasteiger partial charge in [0, 0.05) is 11.8 Å². The van der Waals surface area contributed by atoms with Crippen LogP contribution in [0.2, 0.25) is 0 Å². The van der Waals surface area contributed by atoms with Gasteiger partial charge in [-0.15, -0.1) is 0 Å². The van der Waals surface area contributed by atoms with Crippen LogP contribution in [0.25, 0.3) is 0 Å². The number of nitrogens with one attached hydrogen (secondary N) is 1. The number of anilines is 1. The lowest BCUT2D eigenvalue weighted by atomic mass is 9.81. The van der Waals surface area contributed by atoms with E-state index in [2.05, 4.69) is 15.3 Å². The highest BCUT2D eigenvalue weighted by atomic mass is 16.4. The molecule has 1 heterocycles. The molecule has 1 saturated carbocycles. The molecule has 0 radical (unpaired) electrons. The molecule has 0 aliphatic heterocycles. The SMILES string of the molecule is CCc1cc(NC2(C(=O)O)CCCCC2)nc(C)n1. The van der Waals surface area contributed by atoms with Crippen molar-refractivity contribution in [3.05, 3.63) is 17.6 Å². The van der Waals surface area contributed by atoms with Crippen molar-refractivity contribution in [1.82, 2.24) is 9.97 Å². The first-order valence-corrected chi connectivity index (χ1v) is 6.92. The van der Waals surface area contributed by atoms with Gasteiger partial charge in [0.05, 0.1) is 0 Å². The molecule has 1 aromatic rings. The van der Waals surface area contributed by atoms with Crippen LogP contribution in [0.15, 0.2) is 6.07 Å². The van der Waals surface area contributed by atoms with E-state index in [4.69, 9.17) is 0 Å². The zero-order valence-electron chi connectivity index (χ0n) is 11.6. The standard InChI is InChI=1S/C14H21N3O2/c1-3-11-9-12(16-10(2)15-11)17-14(13(18)19)7-5-4-6-8-14/h9H,3-8H2,1-2H3,(H,18,19)(H,15,16,17). The van der Waals surface area contributed by atoms with Gasteiger partial charge < -0.3 is 10.4 Å². The van der Waals surface area contributed by atoms with Gasteiger partial charge in [-0.2, -0.15) is 0 Å². The average Bonchev–Trinajstić information content (AvgIpc) is 2.38. The van der Waals surface area contributed by atoms with Crippen LogP contribution < -0.4 is 5.32 Å². The number of hydrogen-bond donors (Lipinski definition) is 2. The van der Waals surface area contributed by atoms with Gasteiger partial charge in [-0.3, -0.25) is 0 Å². The minimum Gasteiger partial charge on any atom is -0.480 e. The van der Waals surface area contributed by atoms with E-state index in [0.717, 1.165) is 31.4 Å². The van der Waals surface area contributed by atoms with Gasteiger partial charge in [0.1, 0.15) is 17.2 Å². The molecular formula is C14H21N3O2. The molecule has 2 rings (SSSR count). The fourth-order valence-corrected chi connectivity index (χ4v) is 2.67. The molecule has 0 saturated heterocycles. The highest BCUT2D eigenvalue weighted by Gasteiger charge is 2.39. The number of aryl methyl sites for hydroxylation is 2. The first kappa shape index (κ1) is 13.8. The summed E-state index contributed by atoms with van der Waals surface area (Å²) in [6.07, 6.45) is 5.14. The van der Waals surface area contributed by atoms with E-state index in [9.17, 15) is 9.90 Å². The predicted molar refractivity (Wildman–Crippen MR) is 73.2 cm³/mol. The van der Waals surface area contributed by atoms with Crippen molar-refractivity contribution in [1.29, 1.82) is 0 Å². The van der Waals surface area contributed by atoms with Gasteiger partial charge in [0.15, 0.2) is 0 Å². The van der Waals surface area contributed by atoms with Crippen LogP contribution in [0, 0.1) is 6.92 Å². The second-order valence-corrected chi connectivity index (χ2v) is 5.22.